The van der Waals surface area contributed by atoms with Gasteiger partial charge in [-0.25, -0.2) is 0 Å². The van der Waals surface area contributed by atoms with E-state index < -0.39 is 0 Å². The Hall–Kier alpha value is -2.84. The van der Waals surface area contributed by atoms with Gasteiger partial charge in [-0.1, -0.05) is 24.6 Å². The minimum Gasteiger partial charge on any atom is -0.497 e. The quantitative estimate of drug-likeness (QED) is 0.665. The van der Waals surface area contributed by atoms with E-state index >= 15 is 0 Å². The second-order valence-electron chi connectivity index (χ2n) is 7.03. The molecule has 2 N–H and O–H groups in total. The Morgan fingerprint density at radius 2 is 1.87 bits per heavy atom. The Morgan fingerprint density at radius 3 is 2.52 bits per heavy atom. The fraction of sp³-hybridized carbons (Fsp3) is 0.318. The van der Waals surface area contributed by atoms with E-state index in [0.717, 1.165) is 18.8 Å². The lowest BCUT2D eigenvalue weighted by Gasteiger charge is -2.36. The van der Waals surface area contributed by atoms with Gasteiger partial charge in [0.15, 0.2) is 5.11 Å². The number of methoxy groups -OCH3 is 1. The molecule has 0 aromatic heterocycles. The first-order valence-electron chi connectivity index (χ1n) is 10.00. The van der Waals surface area contributed by atoms with Crippen LogP contribution in [0.1, 0.15) is 23.7 Å². The number of piperazine rings is 1. The number of amides is 2. The first kappa shape index (κ1) is 22.8. The van der Waals surface area contributed by atoms with Crippen LogP contribution in [0, 0.1) is 0 Å². The maximum Gasteiger partial charge on any atom is 0.257 e. The van der Waals surface area contributed by atoms with Crippen LogP contribution in [0.25, 0.3) is 0 Å². The number of carbonyl (C=O) groups is 2. The third kappa shape index (κ3) is 5.86. The van der Waals surface area contributed by atoms with Crippen molar-refractivity contribution in [1.29, 1.82) is 0 Å². The van der Waals surface area contributed by atoms with Crippen molar-refractivity contribution < 1.29 is 14.3 Å². The molecule has 1 fully saturated rings. The van der Waals surface area contributed by atoms with Crippen LogP contribution in [0.5, 0.6) is 5.75 Å². The number of benzene rings is 2. The van der Waals surface area contributed by atoms with Gasteiger partial charge in [-0.15, -0.1) is 0 Å². The Bertz CT molecular complexity index is 977. The van der Waals surface area contributed by atoms with Crippen molar-refractivity contribution in [2.75, 3.05) is 43.5 Å². The largest absolute Gasteiger partial charge is 0.497 e. The Balaban J connectivity index is 1.58. The van der Waals surface area contributed by atoms with Gasteiger partial charge in [0.2, 0.25) is 5.91 Å². The molecular weight excluding hydrogens is 436 g/mol. The van der Waals surface area contributed by atoms with Gasteiger partial charge < -0.3 is 19.9 Å². The first-order chi connectivity index (χ1) is 14.9. The lowest BCUT2D eigenvalue weighted by molar-refractivity contribution is -0.131. The fourth-order valence-corrected chi connectivity index (χ4v) is 3.87. The average molecular weight is 461 g/mol. The number of hydrogen-bond acceptors (Lipinski definition) is 5. The molecule has 164 valence electrons. The zero-order valence-electron chi connectivity index (χ0n) is 17.5. The topological polar surface area (TPSA) is 73.9 Å². The number of anilines is 2. The number of nitrogens with zero attached hydrogens (tertiary/aromatic N) is 2. The molecule has 1 aliphatic heterocycles. The van der Waals surface area contributed by atoms with Crippen molar-refractivity contribution in [3.63, 3.8) is 0 Å². The third-order valence-electron chi connectivity index (χ3n) is 5.04. The highest BCUT2D eigenvalue weighted by Gasteiger charge is 2.21. The monoisotopic (exact) mass is 460 g/mol. The summed E-state index contributed by atoms with van der Waals surface area (Å²) in [5.41, 5.74) is 2.02. The zero-order valence-corrected chi connectivity index (χ0v) is 19.1. The van der Waals surface area contributed by atoms with Crippen LogP contribution in [0.2, 0.25) is 5.02 Å². The average Bonchev–Trinajstić information content (AvgIpc) is 2.78. The summed E-state index contributed by atoms with van der Waals surface area (Å²) in [5.74, 6) is 0.433. The summed E-state index contributed by atoms with van der Waals surface area (Å²) in [6, 6.07) is 12.4. The molecule has 0 aliphatic carbocycles. The van der Waals surface area contributed by atoms with Crippen molar-refractivity contribution in [3.05, 3.63) is 53.1 Å². The van der Waals surface area contributed by atoms with E-state index in [1.54, 1.807) is 37.4 Å². The summed E-state index contributed by atoms with van der Waals surface area (Å²) in [7, 11) is 1.54. The standard InChI is InChI=1S/C22H25ClN4O3S/c1-3-20(28)27-11-9-26(10-12-27)19-8-7-16(14-18(19)23)24-22(31)25-21(29)15-5-4-6-17(13-15)30-2/h4-8,13-14H,3,9-12H2,1-2H3,(H2,24,25,29,31). The van der Waals surface area contributed by atoms with Gasteiger partial charge in [0.25, 0.3) is 5.91 Å². The normalized spacial score (nSPS) is 13.5. The highest BCUT2D eigenvalue weighted by atomic mass is 35.5. The number of thiocarbonyl (C=S) groups is 1. The van der Waals surface area contributed by atoms with E-state index in [0.29, 0.717) is 41.5 Å². The second-order valence-corrected chi connectivity index (χ2v) is 7.84. The molecule has 0 bridgehead atoms. The molecule has 1 aliphatic rings. The summed E-state index contributed by atoms with van der Waals surface area (Å²) in [4.78, 5) is 28.3. The molecular formula is C22H25ClN4O3S. The van der Waals surface area contributed by atoms with Crippen LogP contribution in [-0.2, 0) is 4.79 Å². The van der Waals surface area contributed by atoms with E-state index in [4.69, 9.17) is 28.6 Å². The maximum atomic E-state index is 12.4. The molecule has 0 unspecified atom stereocenters. The van der Waals surface area contributed by atoms with Gasteiger partial charge >= 0.3 is 0 Å². The third-order valence-corrected chi connectivity index (χ3v) is 5.55. The Labute approximate surface area is 192 Å². The highest BCUT2D eigenvalue weighted by Crippen LogP contribution is 2.29. The summed E-state index contributed by atoms with van der Waals surface area (Å²) < 4.78 is 5.14. The Morgan fingerprint density at radius 1 is 1.13 bits per heavy atom. The molecule has 1 heterocycles. The molecule has 1 saturated heterocycles. The van der Waals surface area contributed by atoms with E-state index in [1.807, 2.05) is 24.0 Å². The van der Waals surface area contributed by atoms with Crippen LogP contribution in [0.15, 0.2) is 42.5 Å². The Kier molecular flexibility index (Phi) is 7.70. The van der Waals surface area contributed by atoms with Crippen LogP contribution < -0.4 is 20.3 Å². The molecule has 2 aromatic carbocycles. The van der Waals surface area contributed by atoms with E-state index in [1.165, 1.54) is 0 Å². The summed E-state index contributed by atoms with van der Waals surface area (Å²) in [6.45, 7) is 4.70. The maximum absolute atomic E-state index is 12.4. The summed E-state index contributed by atoms with van der Waals surface area (Å²) in [6.07, 6.45) is 0.523. The molecule has 9 heteroatoms. The fourth-order valence-electron chi connectivity index (χ4n) is 3.36. The number of ether oxygens (including phenoxy) is 1. The number of carbonyl (C=O) groups excluding carboxylic acids is 2. The van der Waals surface area contributed by atoms with Crippen LogP contribution in [0.3, 0.4) is 0 Å². The number of halogens is 1. The molecule has 3 rings (SSSR count). The van der Waals surface area contributed by atoms with Crippen LogP contribution >= 0.6 is 23.8 Å². The van der Waals surface area contributed by atoms with Crippen LogP contribution in [-0.4, -0.2) is 55.1 Å². The first-order valence-corrected chi connectivity index (χ1v) is 10.8. The molecule has 0 saturated carbocycles. The van der Waals surface area contributed by atoms with Gasteiger partial charge in [0.05, 0.1) is 17.8 Å². The number of rotatable bonds is 5. The van der Waals surface area contributed by atoms with Crippen molar-refractivity contribution in [3.8, 4) is 5.75 Å². The molecule has 0 atom stereocenters. The minimum atomic E-state index is -0.335. The summed E-state index contributed by atoms with van der Waals surface area (Å²) in [5, 5.41) is 6.37. The lowest BCUT2D eigenvalue weighted by Crippen LogP contribution is -2.48. The van der Waals surface area contributed by atoms with Gasteiger partial charge in [0, 0.05) is 43.9 Å². The molecule has 7 nitrogen and oxygen atoms in total. The number of nitrogens with one attached hydrogen (secondary N) is 2. The minimum absolute atomic E-state index is 0.170. The molecule has 0 radical (unpaired) electrons. The van der Waals surface area contributed by atoms with Crippen molar-refractivity contribution in [2.24, 2.45) is 0 Å². The van der Waals surface area contributed by atoms with Gasteiger partial charge in [-0.3, -0.25) is 14.9 Å². The predicted octanol–water partition coefficient (Wildman–Crippen LogP) is 3.53. The molecule has 2 amide bonds. The van der Waals surface area contributed by atoms with E-state index in [-0.39, 0.29) is 16.9 Å². The number of hydrogen-bond donors (Lipinski definition) is 2. The molecule has 0 spiro atoms. The predicted molar refractivity (Wildman–Crippen MR) is 127 cm³/mol. The van der Waals surface area contributed by atoms with E-state index in [9.17, 15) is 9.59 Å². The zero-order chi connectivity index (χ0) is 22.4. The van der Waals surface area contributed by atoms with Gasteiger partial charge in [-0.2, -0.15) is 0 Å². The highest BCUT2D eigenvalue weighted by molar-refractivity contribution is 7.80. The summed E-state index contributed by atoms with van der Waals surface area (Å²) >= 11 is 11.8. The van der Waals surface area contributed by atoms with Gasteiger partial charge in [0.1, 0.15) is 5.75 Å². The molecule has 31 heavy (non-hydrogen) atoms. The van der Waals surface area contributed by atoms with E-state index in [2.05, 4.69) is 15.5 Å². The van der Waals surface area contributed by atoms with Crippen LogP contribution in [0.4, 0.5) is 11.4 Å². The van der Waals surface area contributed by atoms with Crippen molar-refractivity contribution >= 4 is 52.1 Å². The SMILES string of the molecule is CCC(=O)N1CCN(c2ccc(NC(=S)NC(=O)c3cccc(OC)c3)cc2Cl)CC1. The lowest BCUT2D eigenvalue weighted by atomic mass is 10.2. The molecule has 2 aromatic rings. The smallest absolute Gasteiger partial charge is 0.257 e. The second kappa shape index (κ2) is 10.5. The van der Waals surface area contributed by atoms with Crippen molar-refractivity contribution in [2.45, 2.75) is 13.3 Å². The van der Waals surface area contributed by atoms with Gasteiger partial charge in [-0.05, 0) is 48.6 Å². The van der Waals surface area contributed by atoms with Crippen molar-refractivity contribution in [1.82, 2.24) is 10.2 Å².